The zero-order valence-electron chi connectivity index (χ0n) is 9.55. The zero-order chi connectivity index (χ0) is 10.6. The molecule has 0 spiro atoms. The fourth-order valence-electron chi connectivity index (χ4n) is 1.29. The first-order chi connectivity index (χ1) is 6.61. The van der Waals surface area contributed by atoms with Gasteiger partial charge in [-0.1, -0.05) is 13.8 Å². The lowest BCUT2D eigenvalue weighted by molar-refractivity contribution is 0.330. The van der Waals surface area contributed by atoms with Gasteiger partial charge in [-0.05, 0) is 26.7 Å². The summed E-state index contributed by atoms with van der Waals surface area (Å²) < 4.78 is 0. The number of hydrogen-bond donors (Lipinski definition) is 1. The summed E-state index contributed by atoms with van der Waals surface area (Å²) in [6.45, 7) is 9.77. The Labute approximate surface area is 90.8 Å². The summed E-state index contributed by atoms with van der Waals surface area (Å²) in [4.78, 5) is 5.61. The van der Waals surface area contributed by atoms with Crippen LogP contribution in [0.25, 0.3) is 0 Å². The zero-order valence-corrected chi connectivity index (χ0v) is 10.4. The Hall–Kier alpha value is -0.410. The van der Waals surface area contributed by atoms with E-state index >= 15 is 0 Å². The largest absolute Gasteiger partial charge is 0.307 e. The van der Waals surface area contributed by atoms with Gasteiger partial charge in [0.05, 0.1) is 11.2 Å². The van der Waals surface area contributed by atoms with Gasteiger partial charge in [-0.15, -0.1) is 11.3 Å². The van der Waals surface area contributed by atoms with Crippen LogP contribution >= 0.6 is 11.3 Å². The van der Waals surface area contributed by atoms with Crippen molar-refractivity contribution < 1.29 is 0 Å². The molecule has 0 unspecified atom stereocenters. The summed E-state index contributed by atoms with van der Waals surface area (Å²) in [5, 5.41) is 3.61. The Kier molecular flexibility index (Phi) is 4.08. The number of aromatic nitrogens is 1. The maximum atomic E-state index is 4.25. The van der Waals surface area contributed by atoms with Gasteiger partial charge in [-0.25, -0.2) is 4.98 Å². The average Bonchev–Trinajstić information content (AvgIpc) is 2.61. The van der Waals surface area contributed by atoms with Gasteiger partial charge in [0.15, 0.2) is 0 Å². The molecule has 0 aliphatic rings. The standard InChI is InChI=1S/C11H20N2S/c1-5-11(4,6-2)13-7-10-9(3)12-8-14-10/h8,13H,5-7H2,1-4H3. The molecule has 2 nitrogen and oxygen atoms in total. The SMILES string of the molecule is CCC(C)(CC)NCc1scnc1C. The normalized spacial score (nSPS) is 12.0. The molecule has 1 aromatic rings. The molecule has 14 heavy (non-hydrogen) atoms. The van der Waals surface area contributed by atoms with Crippen LogP contribution in [0.2, 0.25) is 0 Å². The van der Waals surface area contributed by atoms with Crippen LogP contribution in [0.15, 0.2) is 5.51 Å². The molecule has 0 saturated carbocycles. The molecule has 80 valence electrons. The molecule has 0 aromatic carbocycles. The lowest BCUT2D eigenvalue weighted by atomic mass is 9.95. The minimum Gasteiger partial charge on any atom is -0.307 e. The Balaban J connectivity index is 2.52. The molecular weight excluding hydrogens is 192 g/mol. The highest BCUT2D eigenvalue weighted by atomic mass is 32.1. The van der Waals surface area contributed by atoms with Crippen molar-refractivity contribution >= 4 is 11.3 Å². The van der Waals surface area contributed by atoms with E-state index in [1.807, 2.05) is 5.51 Å². The Morgan fingerprint density at radius 3 is 2.50 bits per heavy atom. The van der Waals surface area contributed by atoms with Crippen molar-refractivity contribution in [1.82, 2.24) is 10.3 Å². The predicted molar refractivity (Wildman–Crippen MR) is 62.7 cm³/mol. The number of nitrogens with zero attached hydrogens (tertiary/aromatic N) is 1. The molecule has 0 saturated heterocycles. The minimum atomic E-state index is 0.274. The van der Waals surface area contributed by atoms with E-state index in [2.05, 4.69) is 38.0 Å². The Morgan fingerprint density at radius 1 is 1.43 bits per heavy atom. The number of thiazole rings is 1. The molecular formula is C11H20N2S. The van der Waals surface area contributed by atoms with Crippen molar-refractivity contribution in [2.75, 3.05) is 0 Å². The van der Waals surface area contributed by atoms with Crippen LogP contribution in [0.4, 0.5) is 0 Å². The predicted octanol–water partition coefficient (Wildman–Crippen LogP) is 3.12. The highest BCUT2D eigenvalue weighted by Crippen LogP contribution is 2.17. The van der Waals surface area contributed by atoms with Gasteiger partial charge in [-0.3, -0.25) is 0 Å². The third-order valence-electron chi connectivity index (χ3n) is 3.08. The van der Waals surface area contributed by atoms with Crippen LogP contribution in [-0.4, -0.2) is 10.5 Å². The molecule has 0 aliphatic heterocycles. The summed E-state index contributed by atoms with van der Waals surface area (Å²) in [5.41, 5.74) is 3.36. The minimum absolute atomic E-state index is 0.274. The van der Waals surface area contributed by atoms with Crippen molar-refractivity contribution in [3.8, 4) is 0 Å². The van der Waals surface area contributed by atoms with Gasteiger partial charge in [0.25, 0.3) is 0 Å². The first kappa shape index (κ1) is 11.7. The molecule has 0 aliphatic carbocycles. The monoisotopic (exact) mass is 212 g/mol. The lowest BCUT2D eigenvalue weighted by Gasteiger charge is -2.28. The van der Waals surface area contributed by atoms with E-state index in [-0.39, 0.29) is 5.54 Å². The first-order valence-corrected chi connectivity index (χ1v) is 6.13. The van der Waals surface area contributed by atoms with Crippen LogP contribution in [0.5, 0.6) is 0 Å². The highest BCUT2D eigenvalue weighted by molar-refractivity contribution is 7.09. The third kappa shape index (κ3) is 2.79. The topological polar surface area (TPSA) is 24.9 Å². The molecule has 0 radical (unpaired) electrons. The van der Waals surface area contributed by atoms with E-state index in [4.69, 9.17) is 0 Å². The van der Waals surface area contributed by atoms with E-state index in [1.165, 1.54) is 17.7 Å². The van der Waals surface area contributed by atoms with Crippen molar-refractivity contribution in [1.29, 1.82) is 0 Å². The van der Waals surface area contributed by atoms with Crippen molar-refractivity contribution in [3.63, 3.8) is 0 Å². The van der Waals surface area contributed by atoms with E-state index in [0.717, 1.165) is 12.2 Å². The van der Waals surface area contributed by atoms with E-state index in [0.29, 0.717) is 0 Å². The van der Waals surface area contributed by atoms with Crippen molar-refractivity contribution in [2.45, 2.75) is 52.6 Å². The number of hydrogen-bond acceptors (Lipinski definition) is 3. The van der Waals surface area contributed by atoms with Gasteiger partial charge in [-0.2, -0.15) is 0 Å². The summed E-state index contributed by atoms with van der Waals surface area (Å²) >= 11 is 1.74. The first-order valence-electron chi connectivity index (χ1n) is 5.25. The maximum Gasteiger partial charge on any atom is 0.0798 e. The number of aryl methyl sites for hydroxylation is 1. The van der Waals surface area contributed by atoms with E-state index < -0.39 is 0 Å². The summed E-state index contributed by atoms with van der Waals surface area (Å²) in [7, 11) is 0. The number of rotatable bonds is 5. The van der Waals surface area contributed by atoms with Crippen LogP contribution in [0.3, 0.4) is 0 Å². The van der Waals surface area contributed by atoms with Gasteiger partial charge >= 0.3 is 0 Å². The van der Waals surface area contributed by atoms with Gasteiger partial charge < -0.3 is 5.32 Å². The van der Waals surface area contributed by atoms with Crippen molar-refractivity contribution in [2.24, 2.45) is 0 Å². The molecule has 0 amide bonds. The molecule has 1 N–H and O–H groups in total. The maximum absolute atomic E-state index is 4.25. The van der Waals surface area contributed by atoms with Gasteiger partial charge in [0.2, 0.25) is 0 Å². The smallest absolute Gasteiger partial charge is 0.0798 e. The Bertz CT molecular complexity index is 277. The fourth-order valence-corrected chi connectivity index (χ4v) is 2.01. The molecule has 3 heteroatoms. The van der Waals surface area contributed by atoms with Crippen molar-refractivity contribution in [3.05, 3.63) is 16.1 Å². The molecule has 0 fully saturated rings. The second kappa shape index (κ2) is 4.89. The molecule has 1 rings (SSSR count). The summed E-state index contributed by atoms with van der Waals surface area (Å²) in [5.74, 6) is 0. The summed E-state index contributed by atoms with van der Waals surface area (Å²) in [6.07, 6.45) is 2.34. The van der Waals surface area contributed by atoms with Crippen LogP contribution in [0.1, 0.15) is 44.2 Å². The van der Waals surface area contributed by atoms with Gasteiger partial charge in [0.1, 0.15) is 0 Å². The van der Waals surface area contributed by atoms with Gasteiger partial charge in [0, 0.05) is 17.0 Å². The fraction of sp³-hybridized carbons (Fsp3) is 0.727. The van der Waals surface area contributed by atoms with Crippen LogP contribution in [0, 0.1) is 6.92 Å². The highest BCUT2D eigenvalue weighted by Gasteiger charge is 2.18. The summed E-state index contributed by atoms with van der Waals surface area (Å²) in [6, 6.07) is 0. The third-order valence-corrected chi connectivity index (χ3v) is 4.02. The Morgan fingerprint density at radius 2 is 2.07 bits per heavy atom. The molecule has 0 atom stereocenters. The average molecular weight is 212 g/mol. The second-order valence-electron chi connectivity index (χ2n) is 3.98. The van der Waals surface area contributed by atoms with Crippen LogP contribution in [-0.2, 0) is 6.54 Å². The van der Waals surface area contributed by atoms with Crippen LogP contribution < -0.4 is 5.32 Å². The van der Waals surface area contributed by atoms with E-state index in [1.54, 1.807) is 11.3 Å². The molecule has 1 heterocycles. The number of nitrogens with one attached hydrogen (secondary N) is 1. The second-order valence-corrected chi connectivity index (χ2v) is 4.92. The van der Waals surface area contributed by atoms with E-state index in [9.17, 15) is 0 Å². The quantitative estimate of drug-likeness (QED) is 0.811. The molecule has 0 bridgehead atoms. The molecule has 1 aromatic heterocycles. The lowest BCUT2D eigenvalue weighted by Crippen LogP contribution is -2.40.